The van der Waals surface area contributed by atoms with E-state index in [9.17, 15) is 9.59 Å². The maximum atomic E-state index is 13.8. The monoisotopic (exact) mass is 532 g/mol. The first-order chi connectivity index (χ1) is 15.0. The number of amides is 1. The van der Waals surface area contributed by atoms with Gasteiger partial charge in [0.25, 0.3) is 5.91 Å². The molecule has 0 aromatic heterocycles. The first-order valence-corrected chi connectivity index (χ1v) is 12.0. The van der Waals surface area contributed by atoms with Crippen molar-refractivity contribution in [1.82, 2.24) is 0 Å². The average Bonchev–Trinajstić information content (AvgIpc) is 2.89. The number of nitrogens with zero attached hydrogens (tertiary/aromatic N) is 2. The summed E-state index contributed by atoms with van der Waals surface area (Å²) < 4.78 is 6.18. The molecule has 0 unspecified atom stereocenters. The highest BCUT2D eigenvalue weighted by molar-refractivity contribution is 14.1. The molecule has 0 spiro atoms. The van der Waals surface area contributed by atoms with Crippen LogP contribution in [0.4, 0.5) is 5.69 Å². The molecule has 0 saturated heterocycles. The number of carbonyl (C=O) groups excluding carboxylic acids is 2. The van der Waals surface area contributed by atoms with Gasteiger partial charge in [0.15, 0.2) is 0 Å². The van der Waals surface area contributed by atoms with Gasteiger partial charge in [-0.3, -0.25) is 14.6 Å². The van der Waals surface area contributed by atoms with E-state index in [1.807, 2.05) is 42.5 Å². The number of rotatable bonds is 8. The Kier molecular flexibility index (Phi) is 8.23. The highest BCUT2D eigenvalue weighted by Gasteiger charge is 2.35. The van der Waals surface area contributed by atoms with Crippen LogP contribution in [0.3, 0.4) is 0 Å². The lowest BCUT2D eigenvalue weighted by Gasteiger charge is -2.28. The lowest BCUT2D eigenvalue weighted by atomic mass is 9.93. The Morgan fingerprint density at radius 3 is 2.48 bits per heavy atom. The van der Waals surface area contributed by atoms with Gasteiger partial charge in [-0.25, -0.2) is 0 Å². The normalized spacial score (nSPS) is 16.0. The maximum absolute atomic E-state index is 13.8. The minimum atomic E-state index is -0.488. The largest absolute Gasteiger partial charge is 0.466 e. The molecule has 2 aromatic carbocycles. The number of benzodiazepines with no additional fused rings is 1. The molecule has 164 valence electrons. The second-order valence-electron chi connectivity index (χ2n) is 7.57. The predicted octanol–water partition coefficient (Wildman–Crippen LogP) is 5.23. The molecule has 5 nitrogen and oxygen atoms in total. The molecule has 3 rings (SSSR count). The first-order valence-electron chi connectivity index (χ1n) is 10.9. The zero-order chi connectivity index (χ0) is 22.4. The molecule has 0 radical (unpaired) electrons. The van der Waals surface area contributed by atoms with Crippen LogP contribution in [-0.4, -0.2) is 36.8 Å². The van der Waals surface area contributed by atoms with Crippen LogP contribution < -0.4 is 4.90 Å². The third kappa shape index (κ3) is 5.34. The molecule has 1 heterocycles. The average molecular weight is 532 g/mol. The number of hydrogen-bond acceptors (Lipinski definition) is 4. The molecule has 0 aliphatic carbocycles. The number of ether oxygens (including phenoxy) is 1. The predicted molar refractivity (Wildman–Crippen MR) is 133 cm³/mol. The van der Waals surface area contributed by atoms with Gasteiger partial charge in [0, 0.05) is 21.2 Å². The molecular weight excluding hydrogens is 503 g/mol. The molecule has 1 atom stereocenters. The number of anilines is 1. The Morgan fingerprint density at radius 1 is 1.13 bits per heavy atom. The van der Waals surface area contributed by atoms with Crippen molar-refractivity contribution in [2.24, 2.45) is 10.9 Å². The lowest BCUT2D eigenvalue weighted by Crippen LogP contribution is -2.42. The quantitative estimate of drug-likeness (QED) is 0.346. The van der Waals surface area contributed by atoms with Crippen LogP contribution in [-0.2, 0) is 14.3 Å². The molecule has 31 heavy (non-hydrogen) atoms. The van der Waals surface area contributed by atoms with E-state index in [1.54, 1.807) is 11.8 Å². The van der Waals surface area contributed by atoms with Crippen LogP contribution in [0, 0.1) is 9.49 Å². The van der Waals surface area contributed by atoms with E-state index in [-0.39, 0.29) is 30.8 Å². The molecule has 0 saturated carbocycles. The summed E-state index contributed by atoms with van der Waals surface area (Å²) in [6, 6.07) is 15.6. The third-order valence-electron chi connectivity index (χ3n) is 5.68. The van der Waals surface area contributed by atoms with Crippen LogP contribution >= 0.6 is 22.6 Å². The fourth-order valence-corrected chi connectivity index (χ4v) is 4.50. The van der Waals surface area contributed by atoms with Crippen molar-refractivity contribution >= 4 is 45.9 Å². The zero-order valence-electron chi connectivity index (χ0n) is 18.3. The number of esters is 1. The highest BCUT2D eigenvalue weighted by Crippen LogP contribution is 2.33. The molecule has 6 heteroatoms. The Labute approximate surface area is 198 Å². The number of aliphatic imine (C=N–C) groups is 1. The van der Waals surface area contributed by atoms with E-state index in [4.69, 9.17) is 9.73 Å². The Bertz CT molecular complexity index is 954. The van der Waals surface area contributed by atoms with Crippen molar-refractivity contribution in [3.05, 3.63) is 63.2 Å². The topological polar surface area (TPSA) is 59.0 Å². The van der Waals surface area contributed by atoms with Gasteiger partial charge < -0.3 is 9.64 Å². The molecule has 0 fully saturated rings. The van der Waals surface area contributed by atoms with Crippen LogP contribution in [0.15, 0.2) is 53.5 Å². The van der Waals surface area contributed by atoms with E-state index in [2.05, 4.69) is 42.5 Å². The van der Waals surface area contributed by atoms with Gasteiger partial charge in [-0.2, -0.15) is 0 Å². The molecule has 1 aliphatic rings. The second-order valence-corrected chi connectivity index (χ2v) is 8.82. The van der Waals surface area contributed by atoms with Crippen molar-refractivity contribution in [3.8, 4) is 0 Å². The second kappa shape index (κ2) is 10.9. The number of hydrogen-bond donors (Lipinski definition) is 0. The van der Waals surface area contributed by atoms with Crippen molar-refractivity contribution in [2.45, 2.75) is 46.1 Å². The minimum Gasteiger partial charge on any atom is -0.466 e. The SMILES string of the molecule is CCOC(=O)CCN1C(=O)[C@H](C(CC)CC)N=C(c2ccccc2)c2cc(I)ccc21. The van der Waals surface area contributed by atoms with E-state index < -0.39 is 6.04 Å². The Hall–Kier alpha value is -2.22. The number of carbonyl (C=O) groups is 2. The summed E-state index contributed by atoms with van der Waals surface area (Å²) in [6.07, 6.45) is 1.87. The molecule has 0 N–H and O–H groups in total. The van der Waals surface area contributed by atoms with Crippen molar-refractivity contribution in [1.29, 1.82) is 0 Å². The summed E-state index contributed by atoms with van der Waals surface area (Å²) in [4.78, 5) is 32.6. The number of fused-ring (bicyclic) bond motifs is 1. The smallest absolute Gasteiger partial charge is 0.307 e. The summed E-state index contributed by atoms with van der Waals surface area (Å²) in [5, 5.41) is 0. The number of benzene rings is 2. The summed E-state index contributed by atoms with van der Waals surface area (Å²) in [6.45, 7) is 6.60. The number of halogens is 1. The molecule has 2 aromatic rings. The van der Waals surface area contributed by atoms with Crippen LogP contribution in [0.25, 0.3) is 0 Å². The van der Waals surface area contributed by atoms with Crippen molar-refractivity contribution in [2.75, 3.05) is 18.1 Å². The standard InChI is InChI=1S/C25H29IN2O3/c1-4-17(5-2)24-25(30)28(15-14-22(29)31-6-3)21-13-12-19(26)16-20(21)23(27-24)18-10-8-7-9-11-18/h7-13,16-17,24H,4-6,14-15H2,1-3H3/t24-/m0/s1. The van der Waals surface area contributed by atoms with E-state index in [0.29, 0.717) is 6.61 Å². The van der Waals surface area contributed by atoms with Crippen molar-refractivity contribution < 1.29 is 14.3 Å². The maximum Gasteiger partial charge on any atom is 0.307 e. The fraction of sp³-hybridized carbons (Fsp3) is 0.400. The molecule has 0 bridgehead atoms. The Balaban J connectivity index is 2.15. The van der Waals surface area contributed by atoms with Gasteiger partial charge in [-0.05, 0) is 53.6 Å². The summed E-state index contributed by atoms with van der Waals surface area (Å²) in [5.74, 6) is -0.217. The molecular formula is C25H29IN2O3. The summed E-state index contributed by atoms with van der Waals surface area (Å²) >= 11 is 2.28. The van der Waals surface area contributed by atoms with Gasteiger partial charge in [0.1, 0.15) is 6.04 Å². The zero-order valence-corrected chi connectivity index (χ0v) is 20.5. The van der Waals surface area contributed by atoms with Crippen LogP contribution in [0.2, 0.25) is 0 Å². The lowest BCUT2D eigenvalue weighted by molar-refractivity contribution is -0.142. The summed E-state index contributed by atoms with van der Waals surface area (Å²) in [7, 11) is 0. The van der Waals surface area contributed by atoms with Crippen LogP contribution in [0.1, 0.15) is 51.2 Å². The summed E-state index contributed by atoms with van der Waals surface area (Å²) in [5.41, 5.74) is 3.54. The molecule has 1 amide bonds. The third-order valence-corrected chi connectivity index (χ3v) is 6.35. The van der Waals surface area contributed by atoms with Gasteiger partial charge in [-0.15, -0.1) is 0 Å². The van der Waals surface area contributed by atoms with Crippen LogP contribution in [0.5, 0.6) is 0 Å². The van der Waals surface area contributed by atoms with Gasteiger partial charge in [-0.1, -0.05) is 57.0 Å². The highest BCUT2D eigenvalue weighted by atomic mass is 127. The van der Waals surface area contributed by atoms with Gasteiger partial charge in [0.2, 0.25) is 0 Å². The van der Waals surface area contributed by atoms with E-state index in [1.165, 1.54) is 0 Å². The van der Waals surface area contributed by atoms with Crippen molar-refractivity contribution in [3.63, 3.8) is 0 Å². The molecule has 1 aliphatic heterocycles. The van der Waals surface area contributed by atoms with E-state index in [0.717, 1.165) is 38.9 Å². The first kappa shape index (κ1) is 23.4. The van der Waals surface area contributed by atoms with Gasteiger partial charge >= 0.3 is 5.97 Å². The minimum absolute atomic E-state index is 0.0496. The fourth-order valence-electron chi connectivity index (χ4n) is 4.01. The van der Waals surface area contributed by atoms with Gasteiger partial charge in [0.05, 0.1) is 24.4 Å². The van der Waals surface area contributed by atoms with E-state index >= 15 is 0 Å². The Morgan fingerprint density at radius 2 is 1.84 bits per heavy atom.